The molecule has 1 aromatic rings. The molecule has 0 amide bonds. The average molecular weight is 274 g/mol. The third-order valence-corrected chi connectivity index (χ3v) is 3.57. The molecule has 0 saturated carbocycles. The molecule has 108 valence electrons. The Morgan fingerprint density at radius 1 is 1.50 bits per heavy atom. The molecule has 1 aliphatic rings. The Kier molecular flexibility index (Phi) is 4.23. The van der Waals surface area contributed by atoms with E-state index in [1.165, 1.54) is 5.56 Å². The van der Waals surface area contributed by atoms with Crippen molar-refractivity contribution in [3.8, 4) is 0 Å². The summed E-state index contributed by atoms with van der Waals surface area (Å²) in [7, 11) is 0. The number of hydrogen-bond donors (Lipinski definition) is 1. The molecular formula is C16H22N2O2. The van der Waals surface area contributed by atoms with Crippen LogP contribution in [0.25, 0.3) is 0 Å². The van der Waals surface area contributed by atoms with Crippen LogP contribution in [-0.4, -0.2) is 34.0 Å². The Morgan fingerprint density at radius 3 is 2.90 bits per heavy atom. The molecule has 0 fully saturated rings. The highest BCUT2D eigenvalue weighted by Crippen LogP contribution is 2.22. The van der Waals surface area contributed by atoms with Crippen LogP contribution in [-0.2, 0) is 16.8 Å². The summed E-state index contributed by atoms with van der Waals surface area (Å²) in [6.45, 7) is 8.55. The van der Waals surface area contributed by atoms with Gasteiger partial charge in [-0.1, -0.05) is 32.9 Å². The van der Waals surface area contributed by atoms with Crippen molar-refractivity contribution in [2.45, 2.75) is 32.7 Å². The molecule has 0 aliphatic carbocycles. The van der Waals surface area contributed by atoms with Crippen molar-refractivity contribution in [2.75, 3.05) is 13.1 Å². The fraction of sp³-hybridized carbons (Fsp3) is 0.500. The predicted octanol–water partition coefficient (Wildman–Crippen LogP) is 2.45. The Labute approximate surface area is 120 Å². The maximum absolute atomic E-state index is 11.0. The molecule has 4 nitrogen and oxygen atoms in total. The standard InChI is InChI=1S/C16H22N2O2/c1-16(2,3)13-6-7-17-14(9-13)11-18-8-4-5-12(10-18)15(19)20/h4-7,9,12H,8,10-11H2,1-3H3,(H,19,20). The first-order chi connectivity index (χ1) is 9.36. The number of hydrogen-bond acceptors (Lipinski definition) is 3. The quantitative estimate of drug-likeness (QED) is 0.860. The van der Waals surface area contributed by atoms with E-state index >= 15 is 0 Å². The van der Waals surface area contributed by atoms with Gasteiger partial charge in [-0.3, -0.25) is 14.7 Å². The van der Waals surface area contributed by atoms with E-state index in [9.17, 15) is 4.79 Å². The number of aliphatic carboxylic acids is 1. The van der Waals surface area contributed by atoms with E-state index in [0.29, 0.717) is 13.1 Å². The lowest BCUT2D eigenvalue weighted by molar-refractivity contribution is -0.140. The lowest BCUT2D eigenvalue weighted by atomic mass is 9.87. The number of carbonyl (C=O) groups is 1. The minimum Gasteiger partial charge on any atom is -0.481 e. The third kappa shape index (κ3) is 3.67. The van der Waals surface area contributed by atoms with Crippen LogP contribution in [0, 0.1) is 5.92 Å². The van der Waals surface area contributed by atoms with E-state index in [0.717, 1.165) is 12.2 Å². The first-order valence-electron chi connectivity index (χ1n) is 6.93. The van der Waals surface area contributed by atoms with Crippen molar-refractivity contribution < 1.29 is 9.90 Å². The Balaban J connectivity index is 2.07. The molecule has 1 aliphatic heterocycles. The van der Waals surface area contributed by atoms with Gasteiger partial charge in [-0.05, 0) is 23.1 Å². The number of nitrogens with zero attached hydrogens (tertiary/aromatic N) is 2. The SMILES string of the molecule is CC(C)(C)c1ccnc(CN2CC=CC(C(=O)O)C2)c1. The van der Waals surface area contributed by atoms with Crippen molar-refractivity contribution in [3.63, 3.8) is 0 Å². The zero-order valence-electron chi connectivity index (χ0n) is 12.3. The fourth-order valence-electron chi connectivity index (χ4n) is 2.34. The van der Waals surface area contributed by atoms with Crippen molar-refractivity contribution in [1.29, 1.82) is 0 Å². The largest absolute Gasteiger partial charge is 0.481 e. The topological polar surface area (TPSA) is 53.4 Å². The number of rotatable bonds is 3. The molecule has 2 rings (SSSR count). The number of aromatic nitrogens is 1. The van der Waals surface area contributed by atoms with Crippen LogP contribution in [0.1, 0.15) is 32.0 Å². The molecule has 0 bridgehead atoms. The molecular weight excluding hydrogens is 252 g/mol. The summed E-state index contributed by atoms with van der Waals surface area (Å²) in [6.07, 6.45) is 5.54. The molecule has 2 heterocycles. The van der Waals surface area contributed by atoms with Gasteiger partial charge in [0, 0.05) is 25.8 Å². The van der Waals surface area contributed by atoms with Crippen molar-refractivity contribution >= 4 is 5.97 Å². The lowest BCUT2D eigenvalue weighted by Gasteiger charge is -2.27. The number of pyridine rings is 1. The van der Waals surface area contributed by atoms with E-state index in [1.807, 2.05) is 18.3 Å². The zero-order chi connectivity index (χ0) is 14.8. The second-order valence-electron chi connectivity index (χ2n) is 6.35. The van der Waals surface area contributed by atoms with Crippen molar-refractivity contribution in [2.24, 2.45) is 5.92 Å². The third-order valence-electron chi connectivity index (χ3n) is 3.57. The minimum absolute atomic E-state index is 0.100. The second kappa shape index (κ2) is 5.75. The Bertz CT molecular complexity index is 517. The average Bonchev–Trinajstić information content (AvgIpc) is 2.38. The van der Waals surface area contributed by atoms with Gasteiger partial charge < -0.3 is 5.11 Å². The lowest BCUT2D eigenvalue weighted by Crippen LogP contribution is -2.35. The summed E-state index contributed by atoms with van der Waals surface area (Å²) in [5, 5.41) is 9.08. The van der Waals surface area contributed by atoms with Crippen LogP contribution < -0.4 is 0 Å². The molecule has 0 spiro atoms. The van der Waals surface area contributed by atoms with Crippen LogP contribution in [0.4, 0.5) is 0 Å². The molecule has 0 aromatic carbocycles. The molecule has 0 radical (unpaired) electrons. The van der Waals surface area contributed by atoms with Gasteiger partial charge >= 0.3 is 5.97 Å². The maximum Gasteiger partial charge on any atom is 0.311 e. The van der Waals surface area contributed by atoms with E-state index in [1.54, 1.807) is 6.08 Å². The molecule has 1 aromatic heterocycles. The van der Waals surface area contributed by atoms with Crippen LogP contribution in [0.2, 0.25) is 0 Å². The van der Waals surface area contributed by atoms with E-state index in [-0.39, 0.29) is 5.41 Å². The van der Waals surface area contributed by atoms with Gasteiger partial charge in [0.25, 0.3) is 0 Å². The summed E-state index contributed by atoms with van der Waals surface area (Å²) >= 11 is 0. The minimum atomic E-state index is -0.762. The van der Waals surface area contributed by atoms with E-state index in [4.69, 9.17) is 5.11 Å². The first kappa shape index (κ1) is 14.7. The summed E-state index contributed by atoms with van der Waals surface area (Å²) in [6, 6.07) is 4.16. The normalized spacial score (nSPS) is 20.1. The van der Waals surface area contributed by atoms with Crippen LogP contribution >= 0.6 is 0 Å². The molecule has 1 unspecified atom stereocenters. The molecule has 20 heavy (non-hydrogen) atoms. The monoisotopic (exact) mass is 274 g/mol. The van der Waals surface area contributed by atoms with Gasteiger partial charge in [0.1, 0.15) is 0 Å². The van der Waals surface area contributed by atoms with Crippen LogP contribution in [0.5, 0.6) is 0 Å². The highest BCUT2D eigenvalue weighted by atomic mass is 16.4. The number of carboxylic acids is 1. The fourth-order valence-corrected chi connectivity index (χ4v) is 2.34. The molecule has 1 atom stereocenters. The van der Waals surface area contributed by atoms with Gasteiger partial charge in [0.15, 0.2) is 0 Å². The predicted molar refractivity (Wildman–Crippen MR) is 78.5 cm³/mol. The van der Waals surface area contributed by atoms with E-state index in [2.05, 4.69) is 36.7 Å². The summed E-state index contributed by atoms with van der Waals surface area (Å²) in [5.41, 5.74) is 2.35. The van der Waals surface area contributed by atoms with Gasteiger partial charge in [0.2, 0.25) is 0 Å². The van der Waals surface area contributed by atoms with Crippen LogP contribution in [0.3, 0.4) is 0 Å². The summed E-state index contributed by atoms with van der Waals surface area (Å²) in [4.78, 5) is 17.6. The van der Waals surface area contributed by atoms with Crippen LogP contribution in [0.15, 0.2) is 30.5 Å². The Morgan fingerprint density at radius 2 is 2.25 bits per heavy atom. The smallest absolute Gasteiger partial charge is 0.311 e. The summed E-state index contributed by atoms with van der Waals surface area (Å²) < 4.78 is 0. The molecule has 1 N–H and O–H groups in total. The highest BCUT2D eigenvalue weighted by Gasteiger charge is 2.22. The molecule has 4 heteroatoms. The Hall–Kier alpha value is -1.68. The van der Waals surface area contributed by atoms with Gasteiger partial charge in [-0.15, -0.1) is 0 Å². The first-order valence-corrected chi connectivity index (χ1v) is 6.93. The zero-order valence-corrected chi connectivity index (χ0v) is 12.3. The highest BCUT2D eigenvalue weighted by molar-refractivity contribution is 5.72. The number of carboxylic acid groups (broad SMARTS) is 1. The van der Waals surface area contributed by atoms with Gasteiger partial charge in [0.05, 0.1) is 11.6 Å². The summed E-state index contributed by atoms with van der Waals surface area (Å²) in [5.74, 6) is -1.17. The molecule has 0 saturated heterocycles. The van der Waals surface area contributed by atoms with Gasteiger partial charge in [-0.25, -0.2) is 0 Å². The van der Waals surface area contributed by atoms with E-state index < -0.39 is 11.9 Å². The second-order valence-corrected chi connectivity index (χ2v) is 6.35. The van der Waals surface area contributed by atoms with Gasteiger partial charge in [-0.2, -0.15) is 0 Å². The van der Waals surface area contributed by atoms with Crippen molar-refractivity contribution in [1.82, 2.24) is 9.88 Å². The van der Waals surface area contributed by atoms with Crippen molar-refractivity contribution in [3.05, 3.63) is 41.7 Å². The maximum atomic E-state index is 11.0.